The number of aromatic nitrogens is 14. The van der Waals surface area contributed by atoms with E-state index in [1.54, 1.807) is 0 Å². The molecule has 0 saturated carbocycles. The summed E-state index contributed by atoms with van der Waals surface area (Å²) in [4.78, 5) is 8.73. The number of allylic oxidation sites excluding steroid dienone is 2. The van der Waals surface area contributed by atoms with Crippen LogP contribution in [0.4, 0.5) is 0 Å². The maximum atomic E-state index is 4.43. The molecule has 0 radical (unpaired) electrons. The van der Waals surface area contributed by atoms with Gasteiger partial charge in [-0.1, -0.05) is 175 Å². The molecule has 0 unspecified atom stereocenters. The van der Waals surface area contributed by atoms with Crippen molar-refractivity contribution in [2.24, 2.45) is 47.3 Å². The van der Waals surface area contributed by atoms with Crippen LogP contribution in [-0.4, -0.2) is 68.7 Å². The molecule has 0 fully saturated rings. The standard InChI is InChI=1S/2C13H24N2.C12H23N3.C12H24.2C9H16N2.C8H15N3/c1-11(2)5-6-13-9-15(10-14-13)8-7-12(3)4;1-11(2)5-6-13-9-14-15(10-13)8-7-12(3)4;1-10(2)5-6-12-9-15(14-13-12)8-7-11(3)4;1-11(2)9-7-5-6-8-10-12(3)4;1-7(2)9-5-11(6-10-9)8(3)4;1-7(2)9-5-10-11(6-9)8(3)4;1-6(2)8-5-11(7(3)4)10-9-8/h2*9-12H,5-8H2,1-4H3;9-11H,5-8H2,1-4H3;5-6,11-12H,7-10H2,1-4H3;2*5-8H,1-4H3;5-7H,1-4H3. The molecule has 6 aromatic heterocycles. The molecule has 14 nitrogen and oxygen atoms in total. The van der Waals surface area contributed by atoms with Gasteiger partial charge in [-0.05, 0) is 201 Å². The van der Waals surface area contributed by atoms with Crippen molar-refractivity contribution in [2.75, 3.05) is 0 Å². The monoisotopic (exact) mass is 1250 g/mol. The lowest BCUT2D eigenvalue weighted by Crippen LogP contribution is -2.01. The minimum atomic E-state index is 0.412. The fraction of sp³-hybridized carbons (Fsp3) is 0.763. The van der Waals surface area contributed by atoms with Crippen LogP contribution in [0.1, 0.15) is 328 Å². The quantitative estimate of drug-likeness (QED) is 0.0407. The number of hydrogen-bond acceptors (Lipinski definition) is 8. The van der Waals surface area contributed by atoms with E-state index in [0.717, 1.165) is 91.2 Å². The van der Waals surface area contributed by atoms with Crippen molar-refractivity contribution < 1.29 is 0 Å². The van der Waals surface area contributed by atoms with Crippen molar-refractivity contribution in [1.29, 1.82) is 0 Å². The zero-order valence-corrected chi connectivity index (χ0v) is 63.6. The summed E-state index contributed by atoms with van der Waals surface area (Å²) in [7, 11) is 0. The molecular formula is C76H142N14. The Hall–Kier alpha value is -5.14. The van der Waals surface area contributed by atoms with Crippen molar-refractivity contribution in [1.82, 2.24) is 68.7 Å². The van der Waals surface area contributed by atoms with Gasteiger partial charge in [0.1, 0.15) is 0 Å². The first-order valence-electron chi connectivity index (χ1n) is 35.7. The number of hydrogen-bond donors (Lipinski definition) is 0. The lowest BCUT2D eigenvalue weighted by molar-refractivity contribution is 0.478. The Balaban J connectivity index is 0.00000103. The second kappa shape index (κ2) is 48.6. The average Bonchev–Trinajstić information content (AvgIpc) is 2.87. The van der Waals surface area contributed by atoms with Gasteiger partial charge in [0.2, 0.25) is 0 Å². The van der Waals surface area contributed by atoms with Crippen LogP contribution in [0.2, 0.25) is 0 Å². The number of imidazole rings is 2. The summed E-state index contributed by atoms with van der Waals surface area (Å²) in [5.41, 5.74) is 7.32. The van der Waals surface area contributed by atoms with Crippen LogP contribution in [0.3, 0.4) is 0 Å². The topological polar surface area (TPSA) is 133 Å². The maximum Gasteiger partial charge on any atom is 0.0951 e. The molecular weight excluding hydrogens is 1110 g/mol. The van der Waals surface area contributed by atoms with Gasteiger partial charge < -0.3 is 9.13 Å². The maximum absolute atomic E-state index is 4.43. The van der Waals surface area contributed by atoms with E-state index in [2.05, 4.69) is 292 Å². The summed E-state index contributed by atoms with van der Waals surface area (Å²) in [6.45, 7) is 65.0. The van der Waals surface area contributed by atoms with Gasteiger partial charge in [-0.25, -0.2) is 14.6 Å². The van der Waals surface area contributed by atoms with E-state index >= 15 is 0 Å². The van der Waals surface area contributed by atoms with Gasteiger partial charge in [-0.15, -0.1) is 10.2 Å². The Kier molecular flexibility index (Phi) is 45.8. The third-order valence-corrected chi connectivity index (χ3v) is 15.0. The molecule has 6 heterocycles. The van der Waals surface area contributed by atoms with Crippen LogP contribution in [0.25, 0.3) is 0 Å². The van der Waals surface area contributed by atoms with E-state index in [1.807, 2.05) is 45.3 Å². The molecule has 0 amide bonds. The second-order valence-electron chi connectivity index (χ2n) is 30.3. The fourth-order valence-corrected chi connectivity index (χ4v) is 8.16. The van der Waals surface area contributed by atoms with Crippen LogP contribution in [0.5, 0.6) is 0 Å². The lowest BCUT2D eigenvalue weighted by atomic mass is 10.1. The summed E-state index contributed by atoms with van der Waals surface area (Å²) in [5, 5.41) is 25.0. The highest BCUT2D eigenvalue weighted by atomic mass is 15.4. The fourth-order valence-electron chi connectivity index (χ4n) is 8.16. The van der Waals surface area contributed by atoms with Crippen molar-refractivity contribution in [3.8, 4) is 0 Å². The lowest BCUT2D eigenvalue weighted by Gasteiger charge is -2.04. The van der Waals surface area contributed by atoms with Crippen LogP contribution < -0.4 is 0 Å². The molecule has 0 aliphatic carbocycles. The summed E-state index contributed by atoms with van der Waals surface area (Å²) in [6.07, 6.45) is 41.1. The molecule has 0 N–H and O–H groups in total. The average molecular weight is 1250 g/mol. The minimum Gasteiger partial charge on any atom is -0.337 e. The highest BCUT2D eigenvalue weighted by Gasteiger charge is 2.09. The molecule has 516 valence electrons. The number of rotatable bonds is 30. The molecule has 0 spiro atoms. The minimum absolute atomic E-state index is 0.412. The zero-order valence-electron chi connectivity index (χ0n) is 63.6. The smallest absolute Gasteiger partial charge is 0.0951 e. The van der Waals surface area contributed by atoms with Gasteiger partial charge >= 0.3 is 0 Å². The molecule has 0 saturated heterocycles. The molecule has 0 aliphatic rings. The summed E-state index contributed by atoms with van der Waals surface area (Å²) >= 11 is 0. The predicted octanol–water partition coefficient (Wildman–Crippen LogP) is 21.5. The van der Waals surface area contributed by atoms with Gasteiger partial charge in [-0.2, -0.15) is 10.2 Å². The predicted molar refractivity (Wildman–Crippen MR) is 388 cm³/mol. The molecule has 90 heavy (non-hydrogen) atoms. The van der Waals surface area contributed by atoms with Gasteiger partial charge in [-0.3, -0.25) is 14.0 Å². The van der Waals surface area contributed by atoms with Gasteiger partial charge in [0.15, 0.2) is 0 Å². The van der Waals surface area contributed by atoms with Crippen LogP contribution in [0.15, 0.2) is 74.4 Å². The molecule has 0 atom stereocenters. The van der Waals surface area contributed by atoms with Gasteiger partial charge in [0.05, 0.1) is 47.8 Å². The highest BCUT2D eigenvalue weighted by Crippen LogP contribution is 2.17. The van der Waals surface area contributed by atoms with Crippen molar-refractivity contribution >= 4 is 0 Å². The van der Waals surface area contributed by atoms with Crippen molar-refractivity contribution in [2.45, 2.75) is 333 Å². The molecule has 6 rings (SSSR count). The summed E-state index contributed by atoms with van der Waals surface area (Å²) < 4.78 is 12.3. The molecule has 6 aromatic rings. The van der Waals surface area contributed by atoms with Crippen LogP contribution >= 0.6 is 0 Å². The summed E-state index contributed by atoms with van der Waals surface area (Å²) in [6, 6.07) is 1.41. The van der Waals surface area contributed by atoms with Crippen LogP contribution in [-0.2, 0) is 38.9 Å². The Labute approximate surface area is 554 Å². The van der Waals surface area contributed by atoms with E-state index in [4.69, 9.17) is 0 Å². The Morgan fingerprint density at radius 3 is 1.26 bits per heavy atom. The second-order valence-corrected chi connectivity index (χ2v) is 30.3. The zero-order chi connectivity index (χ0) is 68.5. The van der Waals surface area contributed by atoms with Crippen LogP contribution in [0, 0.1) is 47.3 Å². The third-order valence-electron chi connectivity index (χ3n) is 15.0. The third kappa shape index (κ3) is 44.4. The van der Waals surface area contributed by atoms with E-state index in [0.29, 0.717) is 35.9 Å². The first-order chi connectivity index (χ1) is 42.2. The van der Waals surface area contributed by atoms with E-state index < -0.39 is 0 Å². The first-order valence-corrected chi connectivity index (χ1v) is 35.7. The van der Waals surface area contributed by atoms with Crippen molar-refractivity contribution in [3.63, 3.8) is 0 Å². The number of nitrogens with zero attached hydrogens (tertiary/aromatic N) is 14. The van der Waals surface area contributed by atoms with Gasteiger partial charge in [0, 0.05) is 74.9 Å². The largest absolute Gasteiger partial charge is 0.337 e. The molecule has 0 aliphatic heterocycles. The van der Waals surface area contributed by atoms with Crippen molar-refractivity contribution in [3.05, 3.63) is 108 Å². The highest BCUT2D eigenvalue weighted by molar-refractivity contribution is 5.09. The first kappa shape index (κ1) is 84.9. The number of aryl methyl sites for hydroxylation is 6. The van der Waals surface area contributed by atoms with E-state index in [-0.39, 0.29) is 0 Å². The van der Waals surface area contributed by atoms with Gasteiger partial charge in [0.25, 0.3) is 0 Å². The summed E-state index contributed by atoms with van der Waals surface area (Å²) in [5.74, 6) is 7.84. The Morgan fingerprint density at radius 2 is 0.844 bits per heavy atom. The Bertz CT molecular complexity index is 2180. The van der Waals surface area contributed by atoms with E-state index in [9.17, 15) is 0 Å². The molecule has 14 heteroatoms. The Morgan fingerprint density at radius 1 is 0.356 bits per heavy atom. The molecule has 0 bridgehead atoms. The molecule has 0 aromatic carbocycles. The SMILES string of the molecule is CC(C)CCC=CCCC(C)C.CC(C)CCc1cn(CCC(C)C)cn1.CC(C)CCc1cn(CCC(C)C)nn1.CC(C)CCc1cnn(CCC(C)C)c1.CC(C)c1cn(C(C)C)cn1.CC(C)c1cn(C(C)C)nn1.CC(C)c1cnn(C(C)C)c1. The normalized spacial score (nSPS) is 11.6. The van der Waals surface area contributed by atoms with E-state index in [1.165, 1.54) is 93.1 Å².